The predicted molar refractivity (Wildman–Crippen MR) is 94.7 cm³/mol. The second kappa shape index (κ2) is 5.89. The number of rotatable bonds is 3. The Morgan fingerprint density at radius 3 is 2.61 bits per heavy atom. The number of aromatic amines is 1. The molecule has 0 atom stereocenters. The fraction of sp³-hybridized carbons (Fsp3) is 0. The Labute approximate surface area is 134 Å². The number of hydrogen-bond acceptors (Lipinski definition) is 2. The molecule has 2 heterocycles. The van der Waals surface area contributed by atoms with Crippen LogP contribution in [0.4, 0.5) is 0 Å². The maximum Gasteiger partial charge on any atom is 0.131 e. The van der Waals surface area contributed by atoms with Crippen LogP contribution in [-0.4, -0.2) is 15.0 Å². The summed E-state index contributed by atoms with van der Waals surface area (Å²) < 4.78 is 0. The van der Waals surface area contributed by atoms with Crippen LogP contribution in [-0.2, 0) is 0 Å². The van der Waals surface area contributed by atoms with Gasteiger partial charge in [-0.2, -0.15) is 0 Å². The smallest absolute Gasteiger partial charge is 0.131 e. The van der Waals surface area contributed by atoms with E-state index in [0.29, 0.717) is 0 Å². The van der Waals surface area contributed by atoms with Gasteiger partial charge in [0.15, 0.2) is 0 Å². The van der Waals surface area contributed by atoms with Crippen LogP contribution in [0.3, 0.4) is 0 Å². The monoisotopic (exact) mass is 297 g/mol. The number of imidazole rings is 1. The molecule has 0 spiro atoms. The quantitative estimate of drug-likeness (QED) is 0.590. The van der Waals surface area contributed by atoms with Crippen LogP contribution in [0.5, 0.6) is 0 Å². The molecule has 0 unspecified atom stereocenters. The summed E-state index contributed by atoms with van der Waals surface area (Å²) in [6.45, 7) is 0. The molecular formula is C20H15N3. The van der Waals surface area contributed by atoms with Crippen molar-refractivity contribution in [1.82, 2.24) is 15.0 Å². The van der Waals surface area contributed by atoms with Gasteiger partial charge in [0.05, 0.1) is 11.0 Å². The second-order valence-electron chi connectivity index (χ2n) is 5.34. The first-order valence-electron chi connectivity index (χ1n) is 7.52. The van der Waals surface area contributed by atoms with E-state index >= 15 is 0 Å². The van der Waals surface area contributed by atoms with E-state index in [9.17, 15) is 0 Å². The summed E-state index contributed by atoms with van der Waals surface area (Å²) in [5, 5.41) is 0. The van der Waals surface area contributed by atoms with E-state index in [4.69, 9.17) is 0 Å². The molecule has 0 aliphatic carbocycles. The third-order valence-electron chi connectivity index (χ3n) is 3.72. The molecule has 2 aromatic carbocycles. The summed E-state index contributed by atoms with van der Waals surface area (Å²) in [6.07, 6.45) is 7.73. The predicted octanol–water partition coefficient (Wildman–Crippen LogP) is 4.80. The molecule has 0 fully saturated rings. The lowest BCUT2D eigenvalue weighted by Crippen LogP contribution is -1.81. The molecule has 23 heavy (non-hydrogen) atoms. The van der Waals surface area contributed by atoms with E-state index in [0.717, 1.165) is 33.5 Å². The van der Waals surface area contributed by atoms with Crippen molar-refractivity contribution < 1.29 is 0 Å². The van der Waals surface area contributed by atoms with Gasteiger partial charge in [-0.3, -0.25) is 4.98 Å². The Morgan fingerprint density at radius 2 is 1.74 bits per heavy atom. The van der Waals surface area contributed by atoms with Gasteiger partial charge in [0, 0.05) is 18.0 Å². The Balaban J connectivity index is 1.63. The van der Waals surface area contributed by atoms with Gasteiger partial charge in [0.2, 0.25) is 0 Å². The van der Waals surface area contributed by atoms with E-state index in [1.807, 2.05) is 42.6 Å². The number of H-pyrrole nitrogens is 1. The van der Waals surface area contributed by atoms with Crippen LogP contribution in [0.1, 0.15) is 11.4 Å². The minimum Gasteiger partial charge on any atom is -0.338 e. The fourth-order valence-electron chi connectivity index (χ4n) is 2.58. The molecule has 0 bridgehead atoms. The van der Waals surface area contributed by atoms with Crippen molar-refractivity contribution in [2.75, 3.05) is 0 Å². The highest BCUT2D eigenvalue weighted by molar-refractivity contribution is 5.79. The average molecular weight is 297 g/mol. The molecule has 4 aromatic rings. The van der Waals surface area contributed by atoms with Gasteiger partial charge < -0.3 is 4.98 Å². The highest BCUT2D eigenvalue weighted by Gasteiger charge is 1.99. The standard InChI is InChI=1S/C20H15N3/c1-2-9-19-18(8-1)22-20(23-19)11-10-15-5-3-6-16(13-15)17-7-4-12-21-14-17/h1-14H,(H,22,23)/b11-10+. The Kier molecular flexibility index (Phi) is 3.45. The lowest BCUT2D eigenvalue weighted by Gasteiger charge is -2.01. The molecule has 4 rings (SSSR count). The van der Waals surface area contributed by atoms with Crippen molar-refractivity contribution >= 4 is 23.2 Å². The molecule has 110 valence electrons. The Hall–Kier alpha value is -3.20. The molecule has 0 aliphatic rings. The Morgan fingerprint density at radius 1 is 0.826 bits per heavy atom. The van der Waals surface area contributed by atoms with Gasteiger partial charge in [-0.15, -0.1) is 0 Å². The average Bonchev–Trinajstić information content (AvgIpc) is 3.04. The molecule has 0 saturated carbocycles. The lowest BCUT2D eigenvalue weighted by molar-refractivity contribution is 1.29. The van der Waals surface area contributed by atoms with Crippen molar-refractivity contribution in [3.05, 3.63) is 84.4 Å². The third-order valence-corrected chi connectivity index (χ3v) is 3.72. The normalized spacial score (nSPS) is 11.3. The summed E-state index contributed by atoms with van der Waals surface area (Å²) in [5.41, 5.74) is 5.44. The molecule has 2 aromatic heterocycles. The zero-order valence-electron chi connectivity index (χ0n) is 12.5. The highest BCUT2D eigenvalue weighted by atomic mass is 14.9. The van der Waals surface area contributed by atoms with Gasteiger partial charge in [-0.1, -0.05) is 42.5 Å². The van der Waals surface area contributed by atoms with Crippen molar-refractivity contribution in [3.8, 4) is 11.1 Å². The molecule has 0 radical (unpaired) electrons. The minimum absolute atomic E-state index is 0.859. The molecule has 0 aliphatic heterocycles. The third kappa shape index (κ3) is 2.90. The molecular weight excluding hydrogens is 282 g/mol. The van der Waals surface area contributed by atoms with Gasteiger partial charge in [-0.05, 0) is 41.5 Å². The SMILES string of the molecule is C(=C\c1nc2ccccc2[nH]1)/c1cccc(-c2cccnc2)c1. The second-order valence-corrected chi connectivity index (χ2v) is 5.34. The van der Waals surface area contributed by atoms with E-state index in [1.54, 1.807) is 6.20 Å². The number of benzene rings is 2. The van der Waals surface area contributed by atoms with Gasteiger partial charge in [0.25, 0.3) is 0 Å². The first-order valence-corrected chi connectivity index (χ1v) is 7.52. The summed E-state index contributed by atoms with van der Waals surface area (Å²) in [7, 11) is 0. The summed E-state index contributed by atoms with van der Waals surface area (Å²) in [6, 6.07) is 20.4. The van der Waals surface area contributed by atoms with Crippen LogP contribution < -0.4 is 0 Å². The Bertz CT molecular complexity index is 935. The van der Waals surface area contributed by atoms with Crippen LogP contribution in [0.25, 0.3) is 34.3 Å². The molecule has 1 N–H and O–H groups in total. The van der Waals surface area contributed by atoms with Crippen molar-refractivity contribution in [3.63, 3.8) is 0 Å². The van der Waals surface area contributed by atoms with E-state index < -0.39 is 0 Å². The number of aromatic nitrogens is 3. The van der Waals surface area contributed by atoms with Gasteiger partial charge in [0.1, 0.15) is 5.82 Å². The number of nitrogens with zero attached hydrogens (tertiary/aromatic N) is 2. The van der Waals surface area contributed by atoms with E-state index in [1.165, 1.54) is 0 Å². The van der Waals surface area contributed by atoms with Crippen molar-refractivity contribution in [2.24, 2.45) is 0 Å². The van der Waals surface area contributed by atoms with E-state index in [-0.39, 0.29) is 0 Å². The lowest BCUT2D eigenvalue weighted by atomic mass is 10.0. The highest BCUT2D eigenvalue weighted by Crippen LogP contribution is 2.20. The zero-order valence-corrected chi connectivity index (χ0v) is 12.5. The summed E-state index contributed by atoms with van der Waals surface area (Å²) in [4.78, 5) is 12.0. The maximum atomic E-state index is 4.56. The van der Waals surface area contributed by atoms with Crippen LogP contribution in [0.15, 0.2) is 73.1 Å². The molecule has 3 nitrogen and oxygen atoms in total. The van der Waals surface area contributed by atoms with Crippen LogP contribution in [0.2, 0.25) is 0 Å². The number of fused-ring (bicyclic) bond motifs is 1. The van der Waals surface area contributed by atoms with Crippen molar-refractivity contribution in [2.45, 2.75) is 0 Å². The first-order chi connectivity index (χ1) is 11.4. The van der Waals surface area contributed by atoms with Crippen molar-refractivity contribution in [1.29, 1.82) is 0 Å². The van der Waals surface area contributed by atoms with Gasteiger partial charge >= 0.3 is 0 Å². The van der Waals surface area contributed by atoms with Crippen LogP contribution in [0, 0.1) is 0 Å². The van der Waals surface area contributed by atoms with Crippen LogP contribution >= 0.6 is 0 Å². The molecule has 0 saturated heterocycles. The zero-order chi connectivity index (χ0) is 15.5. The number of hydrogen-bond donors (Lipinski definition) is 1. The maximum absolute atomic E-state index is 4.56. The number of para-hydroxylation sites is 2. The summed E-state index contributed by atoms with van der Waals surface area (Å²) in [5.74, 6) is 0.859. The minimum atomic E-state index is 0.859. The van der Waals surface area contributed by atoms with E-state index in [2.05, 4.69) is 51.4 Å². The number of pyridine rings is 1. The first kappa shape index (κ1) is 13.5. The molecule has 0 amide bonds. The molecule has 3 heteroatoms. The van der Waals surface area contributed by atoms with Gasteiger partial charge in [-0.25, -0.2) is 4.98 Å². The largest absolute Gasteiger partial charge is 0.338 e. The number of nitrogens with one attached hydrogen (secondary N) is 1. The summed E-state index contributed by atoms with van der Waals surface area (Å²) >= 11 is 0. The topological polar surface area (TPSA) is 41.6 Å². The fourth-order valence-corrected chi connectivity index (χ4v) is 2.58.